The van der Waals surface area contributed by atoms with E-state index in [2.05, 4.69) is 316 Å². The van der Waals surface area contributed by atoms with Gasteiger partial charge in [0.25, 0.3) is 0 Å². The van der Waals surface area contributed by atoms with Crippen LogP contribution in [0.25, 0.3) is 105 Å². The van der Waals surface area contributed by atoms with Gasteiger partial charge in [-0.1, -0.05) is 262 Å². The van der Waals surface area contributed by atoms with Gasteiger partial charge in [0.05, 0.1) is 33.1 Å². The number of rotatable bonds is 6. The van der Waals surface area contributed by atoms with E-state index in [9.17, 15) is 0 Å². The van der Waals surface area contributed by atoms with Gasteiger partial charge in [-0.15, -0.1) is 10.2 Å². The first kappa shape index (κ1) is 56.2. The van der Waals surface area contributed by atoms with E-state index in [1.165, 1.54) is 83.5 Å². The average Bonchev–Trinajstić information content (AvgIpc) is 1.57. The molecule has 0 amide bonds. The van der Waals surface area contributed by atoms with Crippen LogP contribution in [0.4, 0.5) is 0 Å². The fraction of sp³-hybridized carbons (Fsp3) is 0.108. The summed E-state index contributed by atoms with van der Waals surface area (Å²) in [6.45, 7) is 4.65. The summed E-state index contributed by atoms with van der Waals surface area (Å²) >= 11 is 0. The van der Waals surface area contributed by atoms with Gasteiger partial charge in [0.2, 0.25) is 0 Å². The Kier molecular flexibility index (Phi) is 11.9. The molecule has 99 heavy (non-hydrogen) atoms. The number of ether oxygens (including phenoxy) is 2. The summed E-state index contributed by atoms with van der Waals surface area (Å²) in [5.74, 6) is 3.12. The summed E-state index contributed by atoms with van der Waals surface area (Å²) in [7, 11) is 0. The number of fused-ring (bicyclic) bond motifs is 25. The van der Waals surface area contributed by atoms with Gasteiger partial charge < -0.3 is 9.47 Å². The normalized spacial score (nSPS) is 20.0. The predicted octanol–water partition coefficient (Wildman–Crippen LogP) is 22.5. The molecule has 21 rings (SSSR count). The lowest BCUT2D eigenvalue weighted by Gasteiger charge is -2.50. The van der Waals surface area contributed by atoms with Crippen molar-refractivity contribution in [2.75, 3.05) is 0 Å². The maximum atomic E-state index is 7.28. The Labute approximate surface area is 574 Å². The second kappa shape index (κ2) is 21.0. The van der Waals surface area contributed by atoms with E-state index in [0.29, 0.717) is 0 Å². The van der Waals surface area contributed by atoms with Crippen LogP contribution in [0.3, 0.4) is 0 Å². The van der Waals surface area contributed by atoms with Crippen LogP contribution in [0.15, 0.2) is 315 Å². The lowest BCUT2D eigenvalue weighted by atomic mass is 9.59. The predicted molar refractivity (Wildman–Crippen MR) is 401 cm³/mol. The zero-order valence-corrected chi connectivity index (χ0v) is 54.7. The van der Waals surface area contributed by atoms with Crippen molar-refractivity contribution >= 4 is 49.5 Å². The minimum Gasteiger partial charge on any atom is -0.482 e. The van der Waals surface area contributed by atoms with E-state index in [1.807, 2.05) is 6.07 Å². The van der Waals surface area contributed by atoms with Crippen molar-refractivity contribution in [2.45, 2.75) is 55.5 Å². The second-order valence-electron chi connectivity index (χ2n) is 28.1. The van der Waals surface area contributed by atoms with E-state index in [4.69, 9.17) is 24.7 Å². The fourth-order valence-electron chi connectivity index (χ4n) is 18.6. The monoisotopic (exact) mass is 1270 g/mol. The molecule has 11 aromatic carbocycles. The number of hydrogen-bond donors (Lipinski definition) is 0. The van der Waals surface area contributed by atoms with Gasteiger partial charge in [0.15, 0.2) is 0 Å². The number of para-hydroxylation sites is 3. The number of hydrogen-bond acceptors (Lipinski definition) is 5. The third kappa shape index (κ3) is 7.91. The highest BCUT2D eigenvalue weighted by Gasteiger charge is 2.58. The van der Waals surface area contributed by atoms with Crippen molar-refractivity contribution in [3.63, 3.8) is 0 Å². The Morgan fingerprint density at radius 2 is 1.15 bits per heavy atom. The minimum absolute atomic E-state index is 0.155. The zero-order chi connectivity index (χ0) is 65.3. The van der Waals surface area contributed by atoms with Gasteiger partial charge >= 0.3 is 0 Å². The van der Waals surface area contributed by atoms with Crippen LogP contribution < -0.4 is 9.47 Å². The smallest absolute Gasteiger partial charge is 0.146 e. The Bertz CT molecular complexity index is 6030. The molecule has 14 aromatic rings. The Morgan fingerprint density at radius 1 is 0.475 bits per heavy atom. The van der Waals surface area contributed by atoms with E-state index in [0.717, 1.165) is 120 Å². The van der Waals surface area contributed by atoms with E-state index >= 15 is 0 Å². The summed E-state index contributed by atoms with van der Waals surface area (Å²) in [5, 5.41) is 13.4. The van der Waals surface area contributed by atoms with Crippen molar-refractivity contribution in [2.24, 2.45) is 5.92 Å². The van der Waals surface area contributed by atoms with Gasteiger partial charge in [-0.3, -0.25) is 4.40 Å². The van der Waals surface area contributed by atoms with Crippen molar-refractivity contribution < 1.29 is 9.47 Å². The maximum Gasteiger partial charge on any atom is 0.146 e. The minimum atomic E-state index is -0.507. The SMILES string of the molecule is CC1C=C(c2ccc3c4ccc(-c5cc(-c6ccc(-c7ccc8c(c7)Oc7ccccc7C87C8=C(CCC=C8)c8ccccc87)cc6)nnc5-c5ccccc5)cc4c4nc5ccccc5n4c3c2)C=CC1c1ccc2c(c1)OC1(C)CC=CC=C1C21c2ccccc2-c2ccccc21. The summed E-state index contributed by atoms with van der Waals surface area (Å²) in [6.07, 6.45) is 21.6. The average molecular weight is 1270 g/mol. The van der Waals surface area contributed by atoms with Crippen LogP contribution in [0.5, 0.6) is 17.2 Å². The number of aromatic nitrogens is 4. The van der Waals surface area contributed by atoms with Crippen molar-refractivity contribution in [3.8, 4) is 73.1 Å². The van der Waals surface area contributed by atoms with Crippen LogP contribution in [-0.2, 0) is 10.8 Å². The van der Waals surface area contributed by atoms with Crippen LogP contribution in [-0.4, -0.2) is 25.2 Å². The highest BCUT2D eigenvalue weighted by atomic mass is 16.5. The summed E-state index contributed by atoms with van der Waals surface area (Å²) < 4.78 is 16.6. The standard InChI is InChI=1S/C93H64N4O2/c1-56-50-60(39-44-65(56)64-43-48-80-87(54-64)99-91(2)49-19-18-34-88(91)93(80)76-28-12-8-24-69(76)70-25-9-13-29-77(70)93)61-40-46-71-66-45-41-63(51-73(66)90-94-81-31-15-16-32-83(81)97(90)84(71)52-61)72-55-82(95-96-89(72)59-20-4-3-5-21-59)58-37-35-57(36-38-58)62-42-47-79-86(53-62)98-85-33-17-14-30-78(85)92(79)74-26-10-6-22-67(74)68-23-7-11-27-75(68)92/h3-6,8-22,24-48,50-56,65H,7,23,49H2,1-2H3. The molecule has 0 bridgehead atoms. The van der Waals surface area contributed by atoms with Crippen LogP contribution in [0, 0.1) is 5.92 Å². The van der Waals surface area contributed by atoms with E-state index in [-0.39, 0.29) is 11.8 Å². The third-order valence-electron chi connectivity index (χ3n) is 22.9. The molecule has 5 aliphatic carbocycles. The van der Waals surface area contributed by atoms with Crippen molar-refractivity contribution in [1.29, 1.82) is 0 Å². The molecule has 5 heterocycles. The molecule has 7 aliphatic rings. The zero-order valence-electron chi connectivity index (χ0n) is 54.7. The van der Waals surface area contributed by atoms with Gasteiger partial charge in [0, 0.05) is 56.5 Å². The number of nitrogens with zero attached hydrogens (tertiary/aromatic N) is 4. The number of benzene rings is 11. The Balaban J connectivity index is 0.625. The Hall–Kier alpha value is -12.0. The van der Waals surface area contributed by atoms with Gasteiger partial charge in [-0.05, 0) is 163 Å². The molecule has 0 saturated heterocycles. The van der Waals surface area contributed by atoms with Gasteiger partial charge in [-0.2, -0.15) is 0 Å². The topological polar surface area (TPSA) is 61.5 Å². The molecule has 0 N–H and O–H groups in total. The quantitative estimate of drug-likeness (QED) is 0.155. The first-order valence-electron chi connectivity index (χ1n) is 34.9. The number of allylic oxidation sites excluding steroid dienone is 10. The first-order chi connectivity index (χ1) is 48.8. The molecule has 468 valence electrons. The molecule has 6 nitrogen and oxygen atoms in total. The van der Waals surface area contributed by atoms with Crippen LogP contribution in [0.1, 0.15) is 89.1 Å². The van der Waals surface area contributed by atoms with E-state index in [1.54, 1.807) is 0 Å². The molecule has 2 spiro atoms. The molecular weight excluding hydrogens is 1210 g/mol. The van der Waals surface area contributed by atoms with Gasteiger partial charge in [-0.25, -0.2) is 4.98 Å². The third-order valence-corrected chi connectivity index (χ3v) is 22.9. The molecule has 0 fully saturated rings. The van der Waals surface area contributed by atoms with Gasteiger partial charge in [0.1, 0.15) is 34.2 Å². The molecule has 0 saturated carbocycles. The van der Waals surface area contributed by atoms with Crippen molar-refractivity contribution in [1.82, 2.24) is 19.6 Å². The second-order valence-corrected chi connectivity index (χ2v) is 28.1. The van der Waals surface area contributed by atoms with E-state index < -0.39 is 16.4 Å². The van der Waals surface area contributed by atoms with Crippen molar-refractivity contribution in [3.05, 3.63) is 365 Å². The molecule has 0 radical (unpaired) electrons. The highest BCUT2D eigenvalue weighted by Crippen LogP contribution is 2.65. The molecule has 4 unspecified atom stereocenters. The Morgan fingerprint density at radius 3 is 1.98 bits per heavy atom. The maximum absolute atomic E-state index is 7.28. The molecule has 3 aromatic heterocycles. The first-order valence-corrected chi connectivity index (χ1v) is 34.9. The lowest BCUT2D eigenvalue weighted by Crippen LogP contribution is -2.50. The summed E-state index contributed by atoms with van der Waals surface area (Å²) in [5.41, 5.74) is 29.7. The number of pyridine rings is 1. The number of imidazole rings is 1. The lowest BCUT2D eigenvalue weighted by molar-refractivity contribution is 0.102. The highest BCUT2D eigenvalue weighted by molar-refractivity contribution is 6.15. The summed E-state index contributed by atoms with van der Waals surface area (Å²) in [6, 6.07) is 93.4. The molecular formula is C93H64N4O2. The molecule has 4 atom stereocenters. The molecule has 2 aliphatic heterocycles. The van der Waals surface area contributed by atoms with Crippen LogP contribution in [0.2, 0.25) is 0 Å². The fourth-order valence-corrected chi connectivity index (χ4v) is 18.6. The summed E-state index contributed by atoms with van der Waals surface area (Å²) in [4.78, 5) is 5.46. The molecule has 6 heteroatoms. The largest absolute Gasteiger partial charge is 0.482 e. The van der Waals surface area contributed by atoms with Crippen LogP contribution >= 0.6 is 0 Å².